The summed E-state index contributed by atoms with van der Waals surface area (Å²) in [6.45, 7) is 6.31. The number of thioether (sulfide) groups is 1. The number of hydrogen-bond donors (Lipinski definition) is 1. The first-order valence-corrected chi connectivity index (χ1v) is 7.70. The molecule has 1 aromatic rings. The minimum atomic E-state index is 0.148. The van der Waals surface area contributed by atoms with E-state index in [0.717, 1.165) is 18.6 Å². The minimum absolute atomic E-state index is 0.148. The molecule has 100 valence electrons. The summed E-state index contributed by atoms with van der Waals surface area (Å²) in [4.78, 5) is 11.7. The Kier molecular flexibility index (Phi) is 6.88. The van der Waals surface area contributed by atoms with Gasteiger partial charge in [0.25, 0.3) is 0 Å². The molecule has 18 heavy (non-hydrogen) atoms. The molecule has 0 aliphatic rings. The molecule has 3 heteroatoms. The molecule has 0 unspecified atom stereocenters. The SMILES string of the molecule is CCC[C@H](C)NC(=O)CSCc1ccccc1C. The minimum Gasteiger partial charge on any atom is -0.353 e. The van der Waals surface area contributed by atoms with Crippen LogP contribution in [0.15, 0.2) is 24.3 Å². The maximum absolute atomic E-state index is 11.7. The molecule has 0 aliphatic heterocycles. The predicted octanol–water partition coefficient (Wildman–Crippen LogP) is 3.53. The Bertz CT molecular complexity index is 379. The van der Waals surface area contributed by atoms with Gasteiger partial charge in [0, 0.05) is 11.8 Å². The summed E-state index contributed by atoms with van der Waals surface area (Å²) >= 11 is 1.68. The van der Waals surface area contributed by atoms with Gasteiger partial charge in [-0.25, -0.2) is 0 Å². The second-order valence-corrected chi connectivity index (χ2v) is 5.66. The van der Waals surface area contributed by atoms with E-state index in [-0.39, 0.29) is 5.91 Å². The molecule has 2 nitrogen and oxygen atoms in total. The lowest BCUT2D eigenvalue weighted by Crippen LogP contribution is -2.33. The first-order valence-electron chi connectivity index (χ1n) is 6.55. The first kappa shape index (κ1) is 15.1. The van der Waals surface area contributed by atoms with Crippen molar-refractivity contribution in [3.05, 3.63) is 35.4 Å². The molecule has 0 bridgehead atoms. The summed E-state index contributed by atoms with van der Waals surface area (Å²) in [6.07, 6.45) is 2.16. The van der Waals surface area contributed by atoms with E-state index in [0.29, 0.717) is 11.8 Å². The van der Waals surface area contributed by atoms with Crippen molar-refractivity contribution in [2.75, 3.05) is 5.75 Å². The number of carbonyl (C=O) groups excluding carboxylic acids is 1. The van der Waals surface area contributed by atoms with E-state index in [1.165, 1.54) is 11.1 Å². The highest BCUT2D eigenvalue weighted by Crippen LogP contribution is 2.15. The van der Waals surface area contributed by atoms with Gasteiger partial charge in [-0.15, -0.1) is 11.8 Å². The van der Waals surface area contributed by atoms with Crippen molar-refractivity contribution in [3.8, 4) is 0 Å². The lowest BCUT2D eigenvalue weighted by molar-refractivity contribution is -0.119. The van der Waals surface area contributed by atoms with Gasteiger partial charge in [0.15, 0.2) is 0 Å². The second kappa shape index (κ2) is 8.20. The predicted molar refractivity (Wildman–Crippen MR) is 79.9 cm³/mol. The van der Waals surface area contributed by atoms with E-state index in [4.69, 9.17) is 0 Å². The van der Waals surface area contributed by atoms with Crippen molar-refractivity contribution >= 4 is 17.7 Å². The zero-order valence-corrected chi connectivity index (χ0v) is 12.3. The molecular formula is C15H23NOS. The molecule has 1 rings (SSSR count). The van der Waals surface area contributed by atoms with Crippen LogP contribution in [-0.4, -0.2) is 17.7 Å². The largest absolute Gasteiger partial charge is 0.353 e. The van der Waals surface area contributed by atoms with Crippen LogP contribution in [0, 0.1) is 6.92 Å². The Morgan fingerprint density at radius 3 is 2.78 bits per heavy atom. The maximum atomic E-state index is 11.7. The van der Waals surface area contributed by atoms with Crippen molar-refractivity contribution in [1.29, 1.82) is 0 Å². The number of rotatable bonds is 7. The van der Waals surface area contributed by atoms with Crippen molar-refractivity contribution in [2.45, 2.75) is 45.4 Å². The summed E-state index contributed by atoms with van der Waals surface area (Å²) in [5, 5.41) is 3.02. The van der Waals surface area contributed by atoms with Gasteiger partial charge in [0.1, 0.15) is 0 Å². The summed E-state index contributed by atoms with van der Waals surface area (Å²) in [5.74, 6) is 1.60. The number of aryl methyl sites for hydroxylation is 1. The third-order valence-corrected chi connectivity index (χ3v) is 3.86. The van der Waals surface area contributed by atoms with Crippen LogP contribution in [0.4, 0.5) is 0 Å². The fraction of sp³-hybridized carbons (Fsp3) is 0.533. The summed E-state index contributed by atoms with van der Waals surface area (Å²) < 4.78 is 0. The van der Waals surface area contributed by atoms with Gasteiger partial charge in [-0.3, -0.25) is 4.79 Å². The lowest BCUT2D eigenvalue weighted by atomic mass is 10.1. The molecule has 1 atom stereocenters. The van der Waals surface area contributed by atoms with Gasteiger partial charge in [-0.05, 0) is 31.4 Å². The molecule has 0 fully saturated rings. The van der Waals surface area contributed by atoms with E-state index in [9.17, 15) is 4.79 Å². The molecule has 0 spiro atoms. The zero-order chi connectivity index (χ0) is 13.4. The fourth-order valence-electron chi connectivity index (χ4n) is 1.85. The van der Waals surface area contributed by atoms with E-state index in [1.807, 2.05) is 12.1 Å². The van der Waals surface area contributed by atoms with E-state index in [1.54, 1.807) is 11.8 Å². The molecule has 0 saturated carbocycles. The standard InChI is InChI=1S/C15H23NOS/c1-4-7-13(3)16-15(17)11-18-10-14-9-6-5-8-12(14)2/h5-6,8-9,13H,4,7,10-11H2,1-3H3,(H,16,17)/t13-/m0/s1. The van der Waals surface area contributed by atoms with Crippen LogP contribution in [0.2, 0.25) is 0 Å². The molecular weight excluding hydrogens is 242 g/mol. The number of benzene rings is 1. The second-order valence-electron chi connectivity index (χ2n) is 4.68. The van der Waals surface area contributed by atoms with Gasteiger partial charge in [-0.2, -0.15) is 0 Å². The van der Waals surface area contributed by atoms with Crippen LogP contribution in [0.25, 0.3) is 0 Å². The van der Waals surface area contributed by atoms with Crippen LogP contribution >= 0.6 is 11.8 Å². The lowest BCUT2D eigenvalue weighted by Gasteiger charge is -2.12. The molecule has 1 amide bonds. The van der Waals surface area contributed by atoms with E-state index < -0.39 is 0 Å². The number of nitrogens with one attached hydrogen (secondary N) is 1. The number of amides is 1. The van der Waals surface area contributed by atoms with Crippen molar-refractivity contribution in [3.63, 3.8) is 0 Å². The summed E-state index contributed by atoms with van der Waals surface area (Å²) in [7, 11) is 0. The van der Waals surface area contributed by atoms with E-state index in [2.05, 4.69) is 38.2 Å². The number of hydrogen-bond acceptors (Lipinski definition) is 2. The topological polar surface area (TPSA) is 29.1 Å². The Hall–Kier alpha value is -0.960. The van der Waals surface area contributed by atoms with Gasteiger partial charge in [0.2, 0.25) is 5.91 Å². The Labute approximate surface area is 115 Å². The van der Waals surface area contributed by atoms with Crippen molar-refractivity contribution < 1.29 is 4.79 Å². The molecule has 0 radical (unpaired) electrons. The maximum Gasteiger partial charge on any atom is 0.230 e. The van der Waals surface area contributed by atoms with Gasteiger partial charge in [0.05, 0.1) is 5.75 Å². The average Bonchev–Trinajstić information content (AvgIpc) is 2.31. The quantitative estimate of drug-likeness (QED) is 0.817. The van der Waals surface area contributed by atoms with Gasteiger partial charge < -0.3 is 5.32 Å². The molecule has 1 aromatic carbocycles. The van der Waals surface area contributed by atoms with E-state index >= 15 is 0 Å². The normalized spacial score (nSPS) is 12.2. The number of carbonyl (C=O) groups is 1. The van der Waals surface area contributed by atoms with Gasteiger partial charge >= 0.3 is 0 Å². The third kappa shape index (κ3) is 5.58. The molecule has 1 N–H and O–H groups in total. The van der Waals surface area contributed by atoms with Crippen LogP contribution in [0.5, 0.6) is 0 Å². The third-order valence-electron chi connectivity index (χ3n) is 2.88. The highest BCUT2D eigenvalue weighted by molar-refractivity contribution is 7.99. The fourth-order valence-corrected chi connectivity index (χ4v) is 2.76. The monoisotopic (exact) mass is 265 g/mol. The smallest absolute Gasteiger partial charge is 0.230 e. The Balaban J connectivity index is 2.25. The summed E-state index contributed by atoms with van der Waals surface area (Å²) in [6, 6.07) is 8.62. The van der Waals surface area contributed by atoms with Crippen LogP contribution < -0.4 is 5.32 Å². The molecule has 0 aliphatic carbocycles. The van der Waals surface area contributed by atoms with Crippen LogP contribution in [0.1, 0.15) is 37.8 Å². The molecule has 0 aromatic heterocycles. The van der Waals surface area contributed by atoms with Gasteiger partial charge in [-0.1, -0.05) is 37.6 Å². The Morgan fingerprint density at radius 1 is 1.39 bits per heavy atom. The first-order chi connectivity index (χ1) is 8.63. The molecule has 0 saturated heterocycles. The highest BCUT2D eigenvalue weighted by atomic mass is 32.2. The average molecular weight is 265 g/mol. The molecule has 0 heterocycles. The van der Waals surface area contributed by atoms with Crippen molar-refractivity contribution in [1.82, 2.24) is 5.32 Å². The summed E-state index contributed by atoms with van der Waals surface area (Å²) in [5.41, 5.74) is 2.61. The van der Waals surface area contributed by atoms with Crippen LogP contribution in [0.3, 0.4) is 0 Å². The van der Waals surface area contributed by atoms with Crippen LogP contribution in [-0.2, 0) is 10.5 Å². The Morgan fingerprint density at radius 2 is 2.11 bits per heavy atom. The zero-order valence-electron chi connectivity index (χ0n) is 11.5. The van der Waals surface area contributed by atoms with Crippen molar-refractivity contribution in [2.24, 2.45) is 0 Å². The highest BCUT2D eigenvalue weighted by Gasteiger charge is 2.06.